The third-order valence-corrected chi connectivity index (χ3v) is 6.36. The Morgan fingerprint density at radius 1 is 1.19 bits per heavy atom. The average Bonchev–Trinajstić information content (AvgIpc) is 2.76. The van der Waals surface area contributed by atoms with E-state index in [-0.39, 0.29) is 30.4 Å². The monoisotopic (exact) mass is 462 g/mol. The Hall–Kier alpha value is -1.85. The maximum absolute atomic E-state index is 13.2. The zero-order chi connectivity index (χ0) is 23.0. The van der Waals surface area contributed by atoms with Gasteiger partial charge in [0.1, 0.15) is 0 Å². The van der Waals surface area contributed by atoms with Crippen LogP contribution in [0.25, 0.3) is 0 Å². The lowest BCUT2D eigenvalue weighted by atomic mass is 9.73. The van der Waals surface area contributed by atoms with Gasteiger partial charge in [-0.2, -0.15) is 0 Å². The molecule has 0 unspecified atom stereocenters. The molecule has 0 radical (unpaired) electrons. The van der Waals surface area contributed by atoms with Gasteiger partial charge in [-0.15, -0.1) is 6.58 Å². The van der Waals surface area contributed by atoms with Crippen LogP contribution in [-0.4, -0.2) is 29.2 Å². The maximum atomic E-state index is 13.2. The first-order valence-electron chi connectivity index (χ1n) is 10.6. The number of benzene rings is 2. The molecule has 4 nitrogen and oxygen atoms in total. The zero-order valence-electron chi connectivity index (χ0n) is 18.2. The van der Waals surface area contributed by atoms with Crippen molar-refractivity contribution in [2.75, 3.05) is 6.61 Å². The lowest BCUT2D eigenvalue weighted by Gasteiger charge is -2.35. The molecule has 2 aromatic rings. The molecule has 1 amide bonds. The first kappa shape index (κ1) is 25.4. The van der Waals surface area contributed by atoms with E-state index in [1.54, 1.807) is 6.08 Å². The fourth-order valence-electron chi connectivity index (χ4n) is 3.84. The van der Waals surface area contributed by atoms with Crippen LogP contribution in [-0.2, 0) is 4.79 Å². The number of halogens is 2. The number of carbonyl (C=O) groups is 1. The number of hydrogen-bond donors (Lipinski definition) is 3. The first-order valence-corrected chi connectivity index (χ1v) is 11.3. The minimum absolute atomic E-state index is 0.0519. The fraction of sp³-hybridized carbons (Fsp3) is 0.400. The van der Waals surface area contributed by atoms with Gasteiger partial charge in [0.2, 0.25) is 5.91 Å². The molecule has 0 aliphatic rings. The van der Waals surface area contributed by atoms with Gasteiger partial charge in [0.15, 0.2) is 0 Å². The molecule has 6 heteroatoms. The fourth-order valence-corrected chi connectivity index (χ4v) is 4.17. The van der Waals surface area contributed by atoms with Crippen LogP contribution in [0.3, 0.4) is 0 Å². The normalized spacial score (nSPS) is 16.1. The van der Waals surface area contributed by atoms with Gasteiger partial charge in [-0.25, -0.2) is 0 Å². The molecule has 0 aliphatic carbocycles. The van der Waals surface area contributed by atoms with Gasteiger partial charge < -0.3 is 16.2 Å². The summed E-state index contributed by atoms with van der Waals surface area (Å²) in [5.74, 6) is -0.315. The van der Waals surface area contributed by atoms with Crippen LogP contribution < -0.4 is 11.1 Å². The summed E-state index contributed by atoms with van der Waals surface area (Å²) in [6, 6.07) is 15.1. The molecule has 0 saturated heterocycles. The van der Waals surface area contributed by atoms with E-state index in [1.165, 1.54) is 0 Å². The Bertz CT molecular complexity index is 868. The Labute approximate surface area is 195 Å². The average molecular weight is 463 g/mol. The van der Waals surface area contributed by atoms with Gasteiger partial charge in [-0.3, -0.25) is 4.79 Å². The molecule has 2 aromatic carbocycles. The number of nitrogens with two attached hydrogens (primary N) is 1. The van der Waals surface area contributed by atoms with Crippen LogP contribution in [0.1, 0.15) is 56.1 Å². The second-order valence-corrected chi connectivity index (χ2v) is 8.99. The van der Waals surface area contributed by atoms with Crippen molar-refractivity contribution in [2.45, 2.75) is 56.5 Å². The second kappa shape index (κ2) is 11.7. The van der Waals surface area contributed by atoms with Gasteiger partial charge in [-0.1, -0.05) is 67.4 Å². The lowest BCUT2D eigenvalue weighted by molar-refractivity contribution is -0.127. The van der Waals surface area contributed by atoms with Crippen LogP contribution in [0.2, 0.25) is 10.0 Å². The van der Waals surface area contributed by atoms with Gasteiger partial charge >= 0.3 is 0 Å². The van der Waals surface area contributed by atoms with Gasteiger partial charge in [0.25, 0.3) is 0 Å². The van der Waals surface area contributed by atoms with E-state index in [1.807, 2.05) is 55.5 Å². The summed E-state index contributed by atoms with van der Waals surface area (Å²) in [5, 5.41) is 13.7. The molecule has 31 heavy (non-hydrogen) atoms. The number of nitrogens with one attached hydrogen (secondary N) is 1. The molecule has 0 aliphatic heterocycles. The SMILES string of the molecule is C=CC[C@@](N)(C[C@H](c1cccc(Cl)c1)[C@@H](C)c1ccc(Cl)cc1)C(=O)N[C@@H](CC)CO. The van der Waals surface area contributed by atoms with E-state index < -0.39 is 5.54 Å². The van der Waals surface area contributed by atoms with Crippen LogP contribution in [0.4, 0.5) is 0 Å². The van der Waals surface area contributed by atoms with E-state index >= 15 is 0 Å². The number of amides is 1. The predicted octanol–water partition coefficient (Wildman–Crippen LogP) is 5.43. The highest BCUT2D eigenvalue weighted by atomic mass is 35.5. The van der Waals surface area contributed by atoms with Crippen LogP contribution in [0.5, 0.6) is 0 Å². The van der Waals surface area contributed by atoms with E-state index in [2.05, 4.69) is 18.8 Å². The number of aliphatic hydroxyl groups excluding tert-OH is 1. The first-order chi connectivity index (χ1) is 14.7. The topological polar surface area (TPSA) is 75.4 Å². The van der Waals surface area contributed by atoms with E-state index in [0.29, 0.717) is 29.3 Å². The summed E-state index contributed by atoms with van der Waals surface area (Å²) in [4.78, 5) is 13.2. The van der Waals surface area contributed by atoms with Crippen molar-refractivity contribution in [1.82, 2.24) is 5.32 Å². The van der Waals surface area contributed by atoms with Crippen molar-refractivity contribution in [3.05, 3.63) is 82.4 Å². The highest BCUT2D eigenvalue weighted by molar-refractivity contribution is 6.30. The molecule has 0 saturated carbocycles. The van der Waals surface area contributed by atoms with Crippen molar-refractivity contribution in [3.8, 4) is 0 Å². The van der Waals surface area contributed by atoms with Crippen LogP contribution >= 0.6 is 23.2 Å². The summed E-state index contributed by atoms with van der Waals surface area (Å²) < 4.78 is 0. The summed E-state index contributed by atoms with van der Waals surface area (Å²) in [7, 11) is 0. The maximum Gasteiger partial charge on any atom is 0.240 e. The lowest BCUT2D eigenvalue weighted by Crippen LogP contribution is -2.57. The van der Waals surface area contributed by atoms with Crippen molar-refractivity contribution in [2.24, 2.45) is 5.73 Å². The van der Waals surface area contributed by atoms with Gasteiger partial charge in [-0.05, 0) is 66.5 Å². The minimum Gasteiger partial charge on any atom is -0.394 e. The Morgan fingerprint density at radius 3 is 2.42 bits per heavy atom. The zero-order valence-corrected chi connectivity index (χ0v) is 19.7. The highest BCUT2D eigenvalue weighted by Crippen LogP contribution is 2.40. The van der Waals surface area contributed by atoms with Crippen molar-refractivity contribution in [1.29, 1.82) is 0 Å². The van der Waals surface area contributed by atoms with Gasteiger partial charge in [0.05, 0.1) is 18.2 Å². The van der Waals surface area contributed by atoms with E-state index in [0.717, 1.165) is 11.1 Å². The molecule has 0 spiro atoms. The van der Waals surface area contributed by atoms with Crippen molar-refractivity contribution >= 4 is 29.1 Å². The Kier molecular flexibility index (Phi) is 9.57. The third kappa shape index (κ3) is 6.81. The second-order valence-electron chi connectivity index (χ2n) is 8.12. The van der Waals surface area contributed by atoms with Gasteiger partial charge in [0, 0.05) is 10.0 Å². The highest BCUT2D eigenvalue weighted by Gasteiger charge is 2.38. The summed E-state index contributed by atoms with van der Waals surface area (Å²) >= 11 is 12.4. The molecule has 2 rings (SSSR count). The molecular formula is C25H32Cl2N2O2. The molecule has 4 N–H and O–H groups in total. The summed E-state index contributed by atoms with van der Waals surface area (Å²) in [5.41, 5.74) is 7.63. The summed E-state index contributed by atoms with van der Waals surface area (Å²) in [6.07, 6.45) is 2.98. The number of hydrogen-bond acceptors (Lipinski definition) is 3. The van der Waals surface area contributed by atoms with E-state index in [4.69, 9.17) is 28.9 Å². The quantitative estimate of drug-likeness (QED) is 0.389. The smallest absolute Gasteiger partial charge is 0.240 e. The molecule has 4 atom stereocenters. The van der Waals surface area contributed by atoms with Crippen molar-refractivity contribution < 1.29 is 9.90 Å². The molecule has 168 valence electrons. The molecule has 0 aromatic heterocycles. The number of rotatable bonds is 11. The molecule has 0 heterocycles. The molecule has 0 fully saturated rings. The Balaban J connectivity index is 2.44. The molecular weight excluding hydrogens is 431 g/mol. The standard InChI is InChI=1S/C25H32Cl2N2O2/c1-4-13-25(28,24(31)29-22(5-2)16-30)15-23(19-7-6-8-21(27)14-19)17(3)18-9-11-20(26)12-10-18/h4,6-12,14,17,22-23,30H,1,5,13,15-16,28H2,2-3H3,(H,29,31)/t17-,22-,23-,25+/m0/s1. The Morgan fingerprint density at radius 2 is 1.87 bits per heavy atom. The predicted molar refractivity (Wildman–Crippen MR) is 130 cm³/mol. The third-order valence-electron chi connectivity index (χ3n) is 5.87. The number of aliphatic hydroxyl groups is 1. The van der Waals surface area contributed by atoms with E-state index in [9.17, 15) is 9.90 Å². The number of carbonyl (C=O) groups excluding carboxylic acids is 1. The van der Waals surface area contributed by atoms with Crippen LogP contribution in [0, 0.1) is 0 Å². The van der Waals surface area contributed by atoms with Crippen molar-refractivity contribution in [3.63, 3.8) is 0 Å². The molecule has 0 bridgehead atoms. The summed E-state index contributed by atoms with van der Waals surface area (Å²) in [6.45, 7) is 7.70. The minimum atomic E-state index is -1.18. The largest absolute Gasteiger partial charge is 0.394 e. The van der Waals surface area contributed by atoms with Crippen LogP contribution in [0.15, 0.2) is 61.2 Å².